The summed E-state index contributed by atoms with van der Waals surface area (Å²) < 4.78 is 0. The molecule has 0 aromatic heterocycles. The molecular weight excluding hydrogens is 222 g/mol. The molecule has 2 nitrogen and oxygen atoms in total. The first-order valence-electron chi connectivity index (χ1n) is 7.88. The van der Waals surface area contributed by atoms with Crippen molar-refractivity contribution in [3.63, 3.8) is 0 Å². The van der Waals surface area contributed by atoms with E-state index in [9.17, 15) is 4.79 Å². The Kier molecular flexibility index (Phi) is 4.47. The molecule has 2 aliphatic carbocycles. The van der Waals surface area contributed by atoms with Crippen LogP contribution in [0.2, 0.25) is 0 Å². The minimum atomic E-state index is -0.485. The van der Waals surface area contributed by atoms with Crippen molar-refractivity contribution >= 4 is 5.78 Å². The molecule has 0 radical (unpaired) electrons. The zero-order valence-corrected chi connectivity index (χ0v) is 12.1. The van der Waals surface area contributed by atoms with E-state index < -0.39 is 5.54 Å². The van der Waals surface area contributed by atoms with E-state index in [1.54, 1.807) is 0 Å². The normalized spacial score (nSPS) is 41.6. The van der Waals surface area contributed by atoms with Gasteiger partial charge in [-0.15, -0.1) is 0 Å². The molecule has 0 aromatic rings. The van der Waals surface area contributed by atoms with Crippen molar-refractivity contribution in [3.8, 4) is 0 Å². The summed E-state index contributed by atoms with van der Waals surface area (Å²) in [5.41, 5.74) is 5.96. The zero-order valence-electron chi connectivity index (χ0n) is 12.1. The second-order valence-corrected chi connectivity index (χ2v) is 6.85. The summed E-state index contributed by atoms with van der Waals surface area (Å²) in [6.07, 6.45) is 10.1. The molecule has 0 saturated heterocycles. The summed E-state index contributed by atoms with van der Waals surface area (Å²) in [4.78, 5) is 12.7. The van der Waals surface area contributed by atoms with Gasteiger partial charge in [0.05, 0.1) is 5.54 Å². The number of Topliss-reactive ketones (excluding diaryl/α,β-unsaturated/α-hetero) is 1. The van der Waals surface area contributed by atoms with Gasteiger partial charge in [-0.3, -0.25) is 4.79 Å². The van der Waals surface area contributed by atoms with Gasteiger partial charge in [0.25, 0.3) is 0 Å². The van der Waals surface area contributed by atoms with Crippen LogP contribution in [0.15, 0.2) is 0 Å². The van der Waals surface area contributed by atoms with Crippen LogP contribution in [-0.4, -0.2) is 11.3 Å². The number of carbonyl (C=O) groups is 1. The van der Waals surface area contributed by atoms with Gasteiger partial charge in [-0.2, -0.15) is 0 Å². The predicted octanol–water partition coefficient (Wildman–Crippen LogP) is 3.68. The van der Waals surface area contributed by atoms with E-state index in [0.29, 0.717) is 11.7 Å². The highest BCUT2D eigenvalue weighted by Gasteiger charge is 2.41. The Morgan fingerprint density at radius 1 is 1.22 bits per heavy atom. The van der Waals surface area contributed by atoms with Crippen molar-refractivity contribution in [1.82, 2.24) is 0 Å². The van der Waals surface area contributed by atoms with E-state index in [2.05, 4.69) is 13.8 Å². The molecule has 0 spiro atoms. The highest BCUT2D eigenvalue weighted by atomic mass is 16.1. The van der Waals surface area contributed by atoms with Crippen molar-refractivity contribution in [2.24, 2.45) is 23.5 Å². The fraction of sp³-hybridized carbons (Fsp3) is 0.938. The lowest BCUT2D eigenvalue weighted by Crippen LogP contribution is -2.53. The molecule has 0 aromatic carbocycles. The second-order valence-electron chi connectivity index (χ2n) is 6.85. The summed E-state index contributed by atoms with van der Waals surface area (Å²) in [6.45, 7) is 4.50. The Morgan fingerprint density at radius 3 is 2.44 bits per heavy atom. The van der Waals surface area contributed by atoms with Gasteiger partial charge in [0.1, 0.15) is 0 Å². The average molecular weight is 251 g/mol. The topological polar surface area (TPSA) is 43.1 Å². The molecule has 0 amide bonds. The van der Waals surface area contributed by atoms with Gasteiger partial charge in [0, 0.05) is 5.92 Å². The number of hydrogen-bond acceptors (Lipinski definition) is 2. The maximum atomic E-state index is 12.7. The Bertz CT molecular complexity index is 293. The fourth-order valence-electron chi connectivity index (χ4n) is 4.06. The molecule has 0 bridgehead atoms. The van der Waals surface area contributed by atoms with E-state index in [4.69, 9.17) is 5.73 Å². The van der Waals surface area contributed by atoms with Crippen molar-refractivity contribution in [2.45, 2.75) is 77.2 Å². The number of hydrogen-bond donors (Lipinski definition) is 1. The van der Waals surface area contributed by atoms with Gasteiger partial charge in [0.2, 0.25) is 0 Å². The molecule has 2 atom stereocenters. The smallest absolute Gasteiger partial charge is 0.155 e. The van der Waals surface area contributed by atoms with Gasteiger partial charge >= 0.3 is 0 Å². The Hall–Kier alpha value is -0.370. The number of nitrogens with two attached hydrogens (primary N) is 1. The first-order chi connectivity index (χ1) is 8.55. The van der Waals surface area contributed by atoms with Crippen LogP contribution in [0.5, 0.6) is 0 Å². The molecular formula is C16H29NO. The molecule has 0 heterocycles. The van der Waals surface area contributed by atoms with E-state index >= 15 is 0 Å². The third-order valence-corrected chi connectivity index (χ3v) is 5.32. The molecule has 2 aliphatic rings. The van der Waals surface area contributed by atoms with Crippen LogP contribution < -0.4 is 5.73 Å². The number of rotatable bonds is 3. The monoisotopic (exact) mass is 251 g/mol. The van der Waals surface area contributed by atoms with Gasteiger partial charge in [-0.25, -0.2) is 0 Å². The first kappa shape index (κ1) is 14.0. The SMILES string of the molecule is CCC1CCC(C(=O)C2(N)CCCC(C)C2)CC1. The maximum absolute atomic E-state index is 12.7. The average Bonchev–Trinajstić information content (AvgIpc) is 2.38. The lowest BCUT2D eigenvalue weighted by Gasteiger charge is -2.39. The largest absolute Gasteiger partial charge is 0.319 e. The van der Waals surface area contributed by atoms with E-state index in [1.807, 2.05) is 0 Å². The molecule has 2 fully saturated rings. The molecule has 18 heavy (non-hydrogen) atoms. The minimum Gasteiger partial charge on any atom is -0.319 e. The van der Waals surface area contributed by atoms with Crippen LogP contribution in [0, 0.1) is 17.8 Å². The Labute approximate surface area is 112 Å². The minimum absolute atomic E-state index is 0.267. The van der Waals surface area contributed by atoms with Crippen LogP contribution in [0.1, 0.15) is 71.6 Å². The van der Waals surface area contributed by atoms with E-state index in [0.717, 1.165) is 38.0 Å². The molecule has 2 saturated carbocycles. The van der Waals surface area contributed by atoms with Gasteiger partial charge in [-0.05, 0) is 50.4 Å². The lowest BCUT2D eigenvalue weighted by atomic mass is 9.68. The second kappa shape index (κ2) is 5.73. The van der Waals surface area contributed by atoms with E-state index in [-0.39, 0.29) is 5.92 Å². The molecule has 0 aliphatic heterocycles. The number of carbonyl (C=O) groups excluding carboxylic acids is 1. The quantitative estimate of drug-likeness (QED) is 0.831. The maximum Gasteiger partial charge on any atom is 0.155 e. The van der Waals surface area contributed by atoms with Crippen molar-refractivity contribution in [3.05, 3.63) is 0 Å². The van der Waals surface area contributed by atoms with Gasteiger partial charge in [-0.1, -0.05) is 33.1 Å². The summed E-state index contributed by atoms with van der Waals surface area (Å²) in [5, 5.41) is 0. The lowest BCUT2D eigenvalue weighted by molar-refractivity contribution is -0.131. The Morgan fingerprint density at radius 2 is 1.89 bits per heavy atom. The van der Waals surface area contributed by atoms with Crippen LogP contribution in [0.3, 0.4) is 0 Å². The van der Waals surface area contributed by atoms with Gasteiger partial charge < -0.3 is 5.73 Å². The summed E-state index contributed by atoms with van der Waals surface area (Å²) in [6, 6.07) is 0. The molecule has 2 rings (SSSR count). The summed E-state index contributed by atoms with van der Waals surface area (Å²) in [7, 11) is 0. The fourth-order valence-corrected chi connectivity index (χ4v) is 4.06. The molecule has 2 heteroatoms. The summed E-state index contributed by atoms with van der Waals surface area (Å²) >= 11 is 0. The highest BCUT2D eigenvalue weighted by molar-refractivity contribution is 5.90. The van der Waals surface area contributed by atoms with Crippen LogP contribution in [0.25, 0.3) is 0 Å². The van der Waals surface area contributed by atoms with Crippen molar-refractivity contribution < 1.29 is 4.79 Å². The van der Waals surface area contributed by atoms with Crippen LogP contribution in [-0.2, 0) is 4.79 Å². The van der Waals surface area contributed by atoms with Crippen LogP contribution >= 0.6 is 0 Å². The zero-order chi connectivity index (χ0) is 13.2. The highest BCUT2D eigenvalue weighted by Crippen LogP contribution is 2.38. The standard InChI is InChI=1S/C16H29NO/c1-3-13-6-8-14(9-7-13)15(18)16(17)10-4-5-12(2)11-16/h12-14H,3-11,17H2,1-2H3. The van der Waals surface area contributed by atoms with Crippen molar-refractivity contribution in [1.29, 1.82) is 0 Å². The van der Waals surface area contributed by atoms with Crippen LogP contribution in [0.4, 0.5) is 0 Å². The third kappa shape index (κ3) is 2.96. The molecule has 104 valence electrons. The summed E-state index contributed by atoms with van der Waals surface area (Å²) in [5.74, 6) is 2.14. The molecule has 2 N–H and O–H groups in total. The number of ketones is 1. The van der Waals surface area contributed by atoms with Gasteiger partial charge in [0.15, 0.2) is 5.78 Å². The van der Waals surface area contributed by atoms with Crippen molar-refractivity contribution in [2.75, 3.05) is 0 Å². The Balaban J connectivity index is 1.94. The predicted molar refractivity (Wildman–Crippen MR) is 75.3 cm³/mol. The third-order valence-electron chi connectivity index (χ3n) is 5.32. The first-order valence-corrected chi connectivity index (χ1v) is 7.88. The van der Waals surface area contributed by atoms with E-state index in [1.165, 1.54) is 25.7 Å². The molecule has 2 unspecified atom stereocenters.